The third kappa shape index (κ3) is 4.03. The molecule has 1 aliphatic carbocycles. The second-order valence-corrected chi connectivity index (χ2v) is 5.61. The van der Waals surface area contributed by atoms with Crippen molar-refractivity contribution >= 4 is 5.97 Å². The highest BCUT2D eigenvalue weighted by Gasteiger charge is 2.26. The molecule has 1 unspecified atom stereocenters. The quantitative estimate of drug-likeness (QED) is 0.689. The molecule has 1 aliphatic rings. The molecule has 0 bridgehead atoms. The Morgan fingerprint density at radius 2 is 2.18 bits per heavy atom. The van der Waals surface area contributed by atoms with Crippen molar-refractivity contribution in [3.05, 3.63) is 23.3 Å². The van der Waals surface area contributed by atoms with Crippen LogP contribution in [-0.2, 0) is 9.53 Å². The van der Waals surface area contributed by atoms with Gasteiger partial charge in [-0.25, -0.2) is 0 Å². The van der Waals surface area contributed by atoms with Crippen molar-refractivity contribution in [2.45, 2.75) is 60.0 Å². The van der Waals surface area contributed by atoms with Gasteiger partial charge in [0.1, 0.15) is 0 Å². The van der Waals surface area contributed by atoms with E-state index in [-0.39, 0.29) is 17.5 Å². The molecule has 17 heavy (non-hydrogen) atoms. The first-order valence-corrected chi connectivity index (χ1v) is 6.37. The molecule has 0 saturated heterocycles. The van der Waals surface area contributed by atoms with Crippen LogP contribution in [0.1, 0.15) is 53.9 Å². The summed E-state index contributed by atoms with van der Waals surface area (Å²) < 4.78 is 5.17. The number of hydrogen-bond donors (Lipinski definition) is 0. The molecule has 0 fully saturated rings. The van der Waals surface area contributed by atoms with Crippen molar-refractivity contribution in [3.8, 4) is 0 Å². The van der Waals surface area contributed by atoms with Gasteiger partial charge in [0.15, 0.2) is 0 Å². The van der Waals surface area contributed by atoms with E-state index < -0.39 is 0 Å². The Balaban J connectivity index is 2.61. The fourth-order valence-electron chi connectivity index (χ4n) is 2.51. The van der Waals surface area contributed by atoms with E-state index in [1.807, 2.05) is 6.92 Å². The van der Waals surface area contributed by atoms with Gasteiger partial charge in [-0.2, -0.15) is 0 Å². The van der Waals surface area contributed by atoms with E-state index in [2.05, 4.69) is 32.9 Å². The lowest BCUT2D eigenvalue weighted by Gasteiger charge is -2.32. The van der Waals surface area contributed by atoms with Crippen LogP contribution in [0.25, 0.3) is 0 Å². The number of ether oxygens (including phenoxy) is 1. The largest absolute Gasteiger partial charge is 0.463 e. The highest BCUT2D eigenvalue weighted by atomic mass is 16.5. The minimum absolute atomic E-state index is 0.00880. The van der Waals surface area contributed by atoms with E-state index in [1.54, 1.807) is 0 Å². The third-order valence-electron chi connectivity index (χ3n) is 3.46. The lowest BCUT2D eigenvalue weighted by atomic mass is 9.74. The van der Waals surface area contributed by atoms with Crippen LogP contribution in [0.5, 0.6) is 0 Å². The van der Waals surface area contributed by atoms with E-state index in [0.29, 0.717) is 0 Å². The first-order valence-electron chi connectivity index (χ1n) is 6.37. The molecular weight excluding hydrogens is 212 g/mol. The zero-order valence-corrected chi connectivity index (χ0v) is 11.7. The van der Waals surface area contributed by atoms with Gasteiger partial charge in [0.05, 0.1) is 6.10 Å². The molecule has 0 aromatic heterocycles. The summed E-state index contributed by atoms with van der Waals surface area (Å²) >= 11 is 0. The van der Waals surface area contributed by atoms with Gasteiger partial charge in [0.2, 0.25) is 0 Å². The summed E-state index contributed by atoms with van der Waals surface area (Å²) in [6.45, 7) is 10.2. The lowest BCUT2D eigenvalue weighted by Crippen LogP contribution is -2.20. The minimum Gasteiger partial charge on any atom is -0.463 e. The molecule has 0 spiro atoms. The van der Waals surface area contributed by atoms with Gasteiger partial charge in [-0.05, 0) is 38.5 Å². The van der Waals surface area contributed by atoms with Gasteiger partial charge in [0.25, 0.3) is 0 Å². The van der Waals surface area contributed by atoms with Crippen molar-refractivity contribution in [1.29, 1.82) is 0 Å². The molecule has 2 nitrogen and oxygen atoms in total. The number of hydrogen-bond acceptors (Lipinski definition) is 2. The zero-order valence-electron chi connectivity index (χ0n) is 11.7. The smallest absolute Gasteiger partial charge is 0.302 e. The molecular formula is C15H24O2. The molecule has 0 aromatic carbocycles. The topological polar surface area (TPSA) is 26.3 Å². The fourth-order valence-corrected chi connectivity index (χ4v) is 2.51. The van der Waals surface area contributed by atoms with Crippen molar-refractivity contribution < 1.29 is 9.53 Å². The number of carbonyl (C=O) groups is 1. The van der Waals surface area contributed by atoms with Gasteiger partial charge >= 0.3 is 5.97 Å². The van der Waals surface area contributed by atoms with E-state index in [1.165, 1.54) is 18.1 Å². The summed E-state index contributed by atoms with van der Waals surface area (Å²) in [4.78, 5) is 10.9. The Morgan fingerprint density at radius 3 is 2.71 bits per heavy atom. The van der Waals surface area contributed by atoms with Crippen LogP contribution in [0.2, 0.25) is 0 Å². The van der Waals surface area contributed by atoms with Gasteiger partial charge in [-0.3, -0.25) is 4.79 Å². The Labute approximate surface area is 105 Å². The van der Waals surface area contributed by atoms with Crippen LogP contribution >= 0.6 is 0 Å². The standard InChI is InChI=1S/C15H24O2/c1-11-7-6-10-15(4,5)14(11)9-8-12(2)17-13(3)16/h6-7,12H,8-10H2,1-5H3. The summed E-state index contributed by atoms with van der Waals surface area (Å²) in [5.41, 5.74) is 3.12. The maximum atomic E-state index is 10.9. The first kappa shape index (κ1) is 14.0. The van der Waals surface area contributed by atoms with Crippen molar-refractivity contribution in [2.24, 2.45) is 5.41 Å². The van der Waals surface area contributed by atoms with Gasteiger partial charge < -0.3 is 4.74 Å². The second-order valence-electron chi connectivity index (χ2n) is 5.61. The Hall–Kier alpha value is -1.05. The van der Waals surface area contributed by atoms with Crippen molar-refractivity contribution in [1.82, 2.24) is 0 Å². The SMILES string of the molecule is CC(=O)OC(C)CCC1=C(C)C=CCC1(C)C. The number of carbonyl (C=O) groups excluding carboxylic acids is 1. The minimum atomic E-state index is -0.189. The average Bonchev–Trinajstić information content (AvgIpc) is 2.14. The van der Waals surface area contributed by atoms with E-state index >= 15 is 0 Å². The Bertz CT molecular complexity index is 348. The van der Waals surface area contributed by atoms with Gasteiger partial charge in [-0.15, -0.1) is 0 Å². The maximum Gasteiger partial charge on any atom is 0.302 e. The highest BCUT2D eigenvalue weighted by molar-refractivity contribution is 5.66. The summed E-state index contributed by atoms with van der Waals surface area (Å²) in [5.74, 6) is -0.189. The van der Waals surface area contributed by atoms with Crippen LogP contribution < -0.4 is 0 Å². The van der Waals surface area contributed by atoms with Crippen LogP contribution in [0.15, 0.2) is 23.3 Å². The molecule has 0 aliphatic heterocycles. The number of esters is 1. The number of rotatable bonds is 4. The molecule has 0 amide bonds. The van der Waals surface area contributed by atoms with Crippen LogP contribution in [0, 0.1) is 5.41 Å². The molecule has 1 rings (SSSR count). The Kier molecular flexibility index (Phi) is 4.55. The second kappa shape index (κ2) is 5.52. The normalized spacial score (nSPS) is 20.3. The molecule has 0 aromatic rings. The molecule has 0 radical (unpaired) electrons. The molecule has 2 heteroatoms. The van der Waals surface area contributed by atoms with E-state index in [4.69, 9.17) is 4.74 Å². The van der Waals surface area contributed by atoms with Crippen LogP contribution in [-0.4, -0.2) is 12.1 Å². The van der Waals surface area contributed by atoms with Gasteiger partial charge in [0, 0.05) is 6.92 Å². The van der Waals surface area contributed by atoms with Gasteiger partial charge in [-0.1, -0.05) is 37.1 Å². The fraction of sp³-hybridized carbons (Fsp3) is 0.667. The van der Waals surface area contributed by atoms with Crippen molar-refractivity contribution in [3.63, 3.8) is 0 Å². The molecule has 0 N–H and O–H groups in total. The summed E-state index contributed by atoms with van der Waals surface area (Å²) in [6, 6.07) is 0. The molecule has 1 atom stereocenters. The zero-order chi connectivity index (χ0) is 13.1. The predicted molar refractivity (Wildman–Crippen MR) is 70.7 cm³/mol. The van der Waals surface area contributed by atoms with Crippen LogP contribution in [0.3, 0.4) is 0 Å². The lowest BCUT2D eigenvalue weighted by molar-refractivity contribution is -0.145. The predicted octanol–water partition coefficient (Wildman–Crippen LogP) is 4.02. The summed E-state index contributed by atoms with van der Waals surface area (Å²) in [5, 5.41) is 0. The maximum absolute atomic E-state index is 10.9. The average molecular weight is 236 g/mol. The molecule has 96 valence electrons. The summed E-state index contributed by atoms with van der Waals surface area (Å²) in [6.07, 6.45) is 7.48. The Morgan fingerprint density at radius 1 is 1.53 bits per heavy atom. The monoisotopic (exact) mass is 236 g/mol. The third-order valence-corrected chi connectivity index (χ3v) is 3.46. The van der Waals surface area contributed by atoms with Crippen LogP contribution in [0.4, 0.5) is 0 Å². The molecule has 0 saturated carbocycles. The van der Waals surface area contributed by atoms with E-state index in [9.17, 15) is 4.79 Å². The first-order chi connectivity index (χ1) is 7.83. The van der Waals surface area contributed by atoms with Crippen molar-refractivity contribution in [2.75, 3.05) is 0 Å². The summed E-state index contributed by atoms with van der Waals surface area (Å²) in [7, 11) is 0. The number of allylic oxidation sites excluding steroid dienone is 4. The molecule has 0 heterocycles. The van der Waals surface area contributed by atoms with E-state index in [0.717, 1.165) is 19.3 Å². The highest BCUT2D eigenvalue weighted by Crippen LogP contribution is 2.39.